The van der Waals surface area contributed by atoms with E-state index in [0.717, 1.165) is 12.0 Å². The summed E-state index contributed by atoms with van der Waals surface area (Å²) < 4.78 is 5.55. The van der Waals surface area contributed by atoms with Crippen molar-refractivity contribution < 1.29 is 14.3 Å². The van der Waals surface area contributed by atoms with Crippen molar-refractivity contribution in [3.05, 3.63) is 66.0 Å². The smallest absolute Gasteiger partial charge is 0.311 e. The Kier molecular flexibility index (Phi) is 6.22. The maximum absolute atomic E-state index is 12.6. The maximum Gasteiger partial charge on any atom is 0.311 e. The highest BCUT2D eigenvalue weighted by molar-refractivity contribution is 5.94. The molecule has 1 aromatic heterocycles. The largest absolute Gasteiger partial charge is 0.449 e. The first kappa shape index (κ1) is 18.7. The topological polar surface area (TPSA) is 59.5 Å². The first-order valence-corrected chi connectivity index (χ1v) is 9.07. The molecule has 2 heterocycles. The van der Waals surface area contributed by atoms with Gasteiger partial charge in [-0.3, -0.25) is 14.6 Å². The second-order valence-electron chi connectivity index (χ2n) is 6.61. The van der Waals surface area contributed by atoms with Crippen LogP contribution in [-0.4, -0.2) is 41.0 Å². The highest BCUT2D eigenvalue weighted by atomic mass is 16.5. The van der Waals surface area contributed by atoms with Gasteiger partial charge in [0.25, 0.3) is 5.91 Å². The van der Waals surface area contributed by atoms with Gasteiger partial charge in [-0.15, -0.1) is 6.42 Å². The summed E-state index contributed by atoms with van der Waals surface area (Å²) in [6.45, 7) is 0.982. The summed E-state index contributed by atoms with van der Waals surface area (Å²) in [6.07, 6.45) is 10.1. The van der Waals surface area contributed by atoms with Crippen molar-refractivity contribution in [3.63, 3.8) is 0 Å². The van der Waals surface area contributed by atoms with E-state index in [1.165, 1.54) is 0 Å². The minimum atomic E-state index is -0.605. The molecule has 1 amide bonds. The minimum absolute atomic E-state index is 0.0901. The molecule has 1 saturated heterocycles. The predicted octanol–water partition coefficient (Wildman–Crippen LogP) is 2.72. The number of nitrogens with zero attached hydrogens (tertiary/aromatic N) is 2. The fourth-order valence-electron chi connectivity index (χ4n) is 3.23. The highest BCUT2D eigenvalue weighted by Crippen LogP contribution is 2.21. The van der Waals surface area contributed by atoms with Crippen molar-refractivity contribution in [2.45, 2.75) is 25.4 Å². The Morgan fingerprint density at radius 2 is 1.96 bits per heavy atom. The summed E-state index contributed by atoms with van der Waals surface area (Å²) in [7, 11) is 0. The number of esters is 1. The molecule has 0 N–H and O–H groups in total. The van der Waals surface area contributed by atoms with Gasteiger partial charge in [-0.1, -0.05) is 36.3 Å². The third kappa shape index (κ3) is 4.95. The summed E-state index contributed by atoms with van der Waals surface area (Å²) >= 11 is 0. The van der Waals surface area contributed by atoms with Crippen LogP contribution < -0.4 is 0 Å². The zero-order valence-electron chi connectivity index (χ0n) is 15.1. The van der Waals surface area contributed by atoms with Crippen LogP contribution in [0, 0.1) is 18.3 Å². The number of piperidine rings is 1. The summed E-state index contributed by atoms with van der Waals surface area (Å²) in [5.74, 6) is 1.78. The standard InChI is InChI=1S/C22H22N2O3/c1-2-20(15-17-7-4-3-5-8-17)27-22(26)19-9-6-14-24(16-19)21(25)18-10-12-23-13-11-18/h1,3-5,7-8,10-13,19-20H,6,9,14-16H2. The Bertz CT molecular complexity index is 814. The van der Waals surface area contributed by atoms with Gasteiger partial charge in [0, 0.05) is 37.5 Å². The number of ether oxygens (including phenoxy) is 1. The van der Waals surface area contributed by atoms with Crippen LogP contribution in [0.25, 0.3) is 0 Å². The molecule has 0 spiro atoms. The third-order valence-corrected chi connectivity index (χ3v) is 4.68. The fraction of sp³-hybridized carbons (Fsp3) is 0.318. The molecule has 0 bridgehead atoms. The van der Waals surface area contributed by atoms with E-state index in [2.05, 4.69) is 10.9 Å². The quantitative estimate of drug-likeness (QED) is 0.606. The fourth-order valence-corrected chi connectivity index (χ4v) is 3.23. The first-order valence-electron chi connectivity index (χ1n) is 9.07. The molecular weight excluding hydrogens is 340 g/mol. The van der Waals surface area contributed by atoms with Crippen LogP contribution in [-0.2, 0) is 16.0 Å². The molecule has 0 radical (unpaired) electrons. The van der Waals surface area contributed by atoms with Crippen LogP contribution >= 0.6 is 0 Å². The average molecular weight is 362 g/mol. The monoisotopic (exact) mass is 362 g/mol. The number of terminal acetylenes is 1. The Labute approximate surface area is 159 Å². The SMILES string of the molecule is C#CC(Cc1ccccc1)OC(=O)C1CCCN(C(=O)c2ccncc2)C1. The van der Waals surface area contributed by atoms with Crippen molar-refractivity contribution in [1.82, 2.24) is 9.88 Å². The van der Waals surface area contributed by atoms with Gasteiger partial charge in [-0.05, 0) is 30.5 Å². The number of pyridine rings is 1. The van der Waals surface area contributed by atoms with Gasteiger partial charge in [0.2, 0.25) is 0 Å². The molecule has 5 nitrogen and oxygen atoms in total. The number of hydrogen-bond donors (Lipinski definition) is 0. The van der Waals surface area contributed by atoms with E-state index in [1.54, 1.807) is 29.4 Å². The molecule has 0 aliphatic carbocycles. The number of likely N-dealkylation sites (tertiary alicyclic amines) is 1. The summed E-state index contributed by atoms with van der Waals surface area (Å²) in [5, 5.41) is 0. The second-order valence-corrected chi connectivity index (χ2v) is 6.61. The zero-order chi connectivity index (χ0) is 19.1. The first-order chi connectivity index (χ1) is 13.2. The molecule has 2 atom stereocenters. The van der Waals surface area contributed by atoms with Crippen molar-refractivity contribution in [2.75, 3.05) is 13.1 Å². The molecule has 27 heavy (non-hydrogen) atoms. The molecule has 3 rings (SSSR count). The number of hydrogen-bond acceptors (Lipinski definition) is 4. The van der Waals surface area contributed by atoms with E-state index in [0.29, 0.717) is 31.5 Å². The summed E-state index contributed by atoms with van der Waals surface area (Å²) in [5.41, 5.74) is 1.59. The van der Waals surface area contributed by atoms with Crippen molar-refractivity contribution in [3.8, 4) is 12.3 Å². The van der Waals surface area contributed by atoms with Gasteiger partial charge >= 0.3 is 5.97 Å². The van der Waals surface area contributed by atoms with Crippen LogP contribution in [0.3, 0.4) is 0 Å². The molecular formula is C22H22N2O3. The molecule has 1 aliphatic rings. The zero-order valence-corrected chi connectivity index (χ0v) is 15.1. The lowest BCUT2D eigenvalue weighted by Gasteiger charge is -2.32. The van der Waals surface area contributed by atoms with E-state index < -0.39 is 6.10 Å². The number of amides is 1. The lowest BCUT2D eigenvalue weighted by Crippen LogP contribution is -2.43. The summed E-state index contributed by atoms with van der Waals surface area (Å²) in [4.78, 5) is 30.8. The molecule has 2 unspecified atom stereocenters. The number of benzene rings is 1. The van der Waals surface area contributed by atoms with Crippen molar-refractivity contribution >= 4 is 11.9 Å². The third-order valence-electron chi connectivity index (χ3n) is 4.68. The predicted molar refractivity (Wildman–Crippen MR) is 102 cm³/mol. The Hall–Kier alpha value is -3.13. The van der Waals surface area contributed by atoms with Crippen molar-refractivity contribution in [1.29, 1.82) is 0 Å². The minimum Gasteiger partial charge on any atom is -0.449 e. The Morgan fingerprint density at radius 1 is 1.22 bits per heavy atom. The maximum atomic E-state index is 12.6. The van der Waals surface area contributed by atoms with E-state index >= 15 is 0 Å². The number of carbonyl (C=O) groups is 2. The Balaban J connectivity index is 1.59. The average Bonchev–Trinajstić information content (AvgIpc) is 2.74. The molecule has 1 aliphatic heterocycles. The van der Waals surface area contributed by atoms with Gasteiger partial charge in [0.05, 0.1) is 5.92 Å². The van der Waals surface area contributed by atoms with Crippen LogP contribution in [0.15, 0.2) is 54.9 Å². The van der Waals surface area contributed by atoms with Crippen molar-refractivity contribution in [2.24, 2.45) is 5.92 Å². The van der Waals surface area contributed by atoms with Gasteiger partial charge in [-0.2, -0.15) is 0 Å². The van der Waals surface area contributed by atoms with Gasteiger partial charge in [0.1, 0.15) is 0 Å². The normalized spacial score (nSPS) is 17.6. The lowest BCUT2D eigenvalue weighted by molar-refractivity contribution is -0.152. The summed E-state index contributed by atoms with van der Waals surface area (Å²) in [6, 6.07) is 13.0. The Morgan fingerprint density at radius 3 is 2.67 bits per heavy atom. The van der Waals surface area contributed by atoms with E-state index in [1.807, 2.05) is 30.3 Å². The molecule has 2 aromatic rings. The van der Waals surface area contributed by atoms with Crippen LogP contribution in [0.5, 0.6) is 0 Å². The van der Waals surface area contributed by atoms with Gasteiger partial charge in [0.15, 0.2) is 6.10 Å². The van der Waals surface area contributed by atoms with E-state index in [9.17, 15) is 9.59 Å². The van der Waals surface area contributed by atoms with Crippen LogP contribution in [0.2, 0.25) is 0 Å². The second kappa shape index (κ2) is 9.00. The molecule has 138 valence electrons. The molecule has 0 saturated carbocycles. The number of rotatable bonds is 5. The van der Waals surface area contributed by atoms with Crippen LogP contribution in [0.1, 0.15) is 28.8 Å². The van der Waals surface area contributed by atoms with Gasteiger partial charge < -0.3 is 9.64 Å². The molecule has 5 heteroatoms. The number of carbonyl (C=O) groups excluding carboxylic acids is 2. The van der Waals surface area contributed by atoms with E-state index in [-0.39, 0.29) is 17.8 Å². The van der Waals surface area contributed by atoms with Gasteiger partial charge in [-0.25, -0.2) is 0 Å². The number of aromatic nitrogens is 1. The van der Waals surface area contributed by atoms with E-state index in [4.69, 9.17) is 11.2 Å². The van der Waals surface area contributed by atoms with Crippen LogP contribution in [0.4, 0.5) is 0 Å². The molecule has 1 aromatic carbocycles. The molecule has 1 fully saturated rings. The lowest BCUT2D eigenvalue weighted by atomic mass is 9.97. The highest BCUT2D eigenvalue weighted by Gasteiger charge is 2.31.